The van der Waals surface area contributed by atoms with Crippen LogP contribution >= 0.6 is 11.6 Å². The van der Waals surface area contributed by atoms with Crippen molar-refractivity contribution in [1.29, 1.82) is 0 Å². The Hall–Kier alpha value is -3.93. The van der Waals surface area contributed by atoms with E-state index in [0.717, 1.165) is 37.5 Å². The number of anilines is 1. The van der Waals surface area contributed by atoms with Gasteiger partial charge in [-0.2, -0.15) is 0 Å². The molecule has 2 heterocycles. The molecule has 4 aliphatic rings. The van der Waals surface area contributed by atoms with Gasteiger partial charge in [-0.1, -0.05) is 0 Å². The van der Waals surface area contributed by atoms with Crippen molar-refractivity contribution in [1.82, 2.24) is 20.5 Å². The Kier molecular flexibility index (Phi) is 8.81. The van der Waals surface area contributed by atoms with Crippen LogP contribution in [0.3, 0.4) is 0 Å². The molecule has 13 heteroatoms. The number of carbonyl (C=O) groups excluding carboxylic acids is 5. The van der Waals surface area contributed by atoms with Crippen LogP contribution in [0.25, 0.3) is 0 Å². The summed E-state index contributed by atoms with van der Waals surface area (Å²) < 4.78 is 6.30. The van der Waals surface area contributed by atoms with Gasteiger partial charge in [-0.25, -0.2) is 0 Å². The second-order valence-corrected chi connectivity index (χ2v) is 11.9. The number of nitrogens with zero attached hydrogens (tertiary/aromatic N) is 1. The molecule has 4 fully saturated rings. The minimum Gasteiger partial charge on any atom is -0.440 e. The number of rotatable bonds is 11. The quantitative estimate of drug-likeness (QED) is 0.286. The average molecular weight is 600 g/mol. The molecule has 4 N–H and O–H groups in total. The Morgan fingerprint density at radius 3 is 2.33 bits per heavy atom. The summed E-state index contributed by atoms with van der Waals surface area (Å²) in [7, 11) is 1.30. The zero-order valence-electron chi connectivity index (χ0n) is 23.2. The summed E-state index contributed by atoms with van der Waals surface area (Å²) in [5, 5.41) is 10.3. The number of aromatic nitrogens is 1. The number of halogens is 1. The lowest BCUT2D eigenvalue weighted by molar-refractivity contribution is -0.137. The number of likely N-dealkylation sites (N-methyl/N-ethyl adjacent to an activating group) is 1. The lowest BCUT2D eigenvalue weighted by Crippen LogP contribution is -2.56. The van der Waals surface area contributed by atoms with Crippen molar-refractivity contribution in [3.8, 4) is 0 Å². The van der Waals surface area contributed by atoms with Gasteiger partial charge in [0.05, 0.1) is 0 Å². The average Bonchev–Trinajstić information content (AvgIpc) is 3.40. The van der Waals surface area contributed by atoms with Crippen molar-refractivity contribution in [2.75, 3.05) is 12.4 Å². The molecule has 4 saturated carbocycles. The maximum absolute atomic E-state index is 13.2. The number of pyridine rings is 1. The molecule has 6 rings (SSSR count). The zero-order valence-corrected chi connectivity index (χ0v) is 23.9. The van der Waals surface area contributed by atoms with Crippen molar-refractivity contribution in [3.05, 3.63) is 51.8 Å². The number of amides is 4. The summed E-state index contributed by atoms with van der Waals surface area (Å²) >= 11 is 5.74. The Morgan fingerprint density at radius 1 is 1.02 bits per heavy atom. The maximum Gasteiger partial charge on any atom is 0.287 e. The summed E-state index contributed by atoms with van der Waals surface area (Å²) in [4.78, 5) is 75.7. The van der Waals surface area contributed by atoms with Gasteiger partial charge < -0.3 is 30.3 Å². The van der Waals surface area contributed by atoms with Crippen LogP contribution in [-0.4, -0.2) is 53.1 Å². The van der Waals surface area contributed by atoms with Crippen LogP contribution in [0.15, 0.2) is 39.7 Å². The standard InChI is InChI=1S/C29H34ClN5O7/c1-31-27(39)21(36)5-4-19(32-28(40)22-6-7-23(30)42-22)26(38)33-20-3-2-8-35(29(20)41)14-24(37)34-25-17-10-15-9-16(12-17)13-18(25)11-15/h2-3,6-8,15-19,25H,4-5,9-14H2,1H3,(H,31,39)(H,32,40)(H,33,38)(H,34,37)/t15?,16?,17?,18?,19-,25?/m0/s1. The second-order valence-electron chi connectivity index (χ2n) is 11.5. The first-order chi connectivity index (χ1) is 20.1. The normalized spacial score (nSPS) is 24.5. The first kappa shape index (κ1) is 29.6. The van der Waals surface area contributed by atoms with Gasteiger partial charge in [0.2, 0.25) is 17.6 Å². The van der Waals surface area contributed by atoms with Gasteiger partial charge in [0.25, 0.3) is 17.4 Å². The minimum atomic E-state index is -1.30. The van der Waals surface area contributed by atoms with E-state index in [1.54, 1.807) is 0 Å². The molecule has 4 aliphatic carbocycles. The second kappa shape index (κ2) is 12.5. The third kappa shape index (κ3) is 6.59. The molecule has 0 unspecified atom stereocenters. The number of furan rings is 1. The highest BCUT2D eigenvalue weighted by Gasteiger charge is 2.48. The zero-order chi connectivity index (χ0) is 30.0. The van der Waals surface area contributed by atoms with Gasteiger partial charge in [0, 0.05) is 25.7 Å². The van der Waals surface area contributed by atoms with Gasteiger partial charge in [-0.3, -0.25) is 28.8 Å². The van der Waals surface area contributed by atoms with Crippen molar-refractivity contribution in [3.63, 3.8) is 0 Å². The summed E-state index contributed by atoms with van der Waals surface area (Å²) in [6.07, 6.45) is 6.81. The van der Waals surface area contributed by atoms with Crippen molar-refractivity contribution in [2.45, 2.75) is 63.6 Å². The van der Waals surface area contributed by atoms with Crippen LogP contribution in [0.5, 0.6) is 0 Å². The largest absolute Gasteiger partial charge is 0.440 e. The molecule has 2 aromatic rings. The van der Waals surface area contributed by atoms with Gasteiger partial charge in [0.15, 0.2) is 11.0 Å². The topological polar surface area (TPSA) is 169 Å². The van der Waals surface area contributed by atoms with Crippen LogP contribution in [0.2, 0.25) is 5.22 Å². The van der Waals surface area contributed by atoms with E-state index in [0.29, 0.717) is 11.8 Å². The van der Waals surface area contributed by atoms with Crippen LogP contribution in [0.4, 0.5) is 5.69 Å². The number of hydrogen-bond donors (Lipinski definition) is 4. The smallest absolute Gasteiger partial charge is 0.287 e. The minimum absolute atomic E-state index is 0.0341. The molecular formula is C29H34ClN5O7. The molecule has 4 bridgehead atoms. The van der Waals surface area contributed by atoms with Crippen LogP contribution in [0, 0.1) is 23.7 Å². The maximum atomic E-state index is 13.2. The molecule has 1 atom stereocenters. The molecular weight excluding hydrogens is 566 g/mol. The number of hydrogen-bond acceptors (Lipinski definition) is 7. The lowest BCUT2D eigenvalue weighted by atomic mass is 9.54. The number of carbonyl (C=O) groups is 5. The predicted octanol–water partition coefficient (Wildman–Crippen LogP) is 1.87. The number of Topliss-reactive ketones (excluding diaryl/α,β-unsaturated/α-hetero) is 1. The molecule has 4 amide bonds. The van der Waals surface area contributed by atoms with E-state index in [1.807, 2.05) is 0 Å². The highest BCUT2D eigenvalue weighted by molar-refractivity contribution is 6.36. The Bertz CT molecular complexity index is 1420. The van der Waals surface area contributed by atoms with Crippen molar-refractivity contribution >= 4 is 46.7 Å². The highest BCUT2D eigenvalue weighted by Crippen LogP contribution is 2.53. The van der Waals surface area contributed by atoms with Crippen LogP contribution in [-0.2, 0) is 25.7 Å². The molecule has 0 radical (unpaired) electrons. The molecule has 42 heavy (non-hydrogen) atoms. The van der Waals surface area contributed by atoms with E-state index < -0.39 is 35.1 Å². The summed E-state index contributed by atoms with van der Waals surface area (Å²) in [6, 6.07) is 4.41. The SMILES string of the molecule is CNC(=O)C(=O)CC[C@H](NC(=O)c1ccc(Cl)o1)C(=O)Nc1cccn(CC(=O)NC2C3CC4CC(C3)CC2C4)c1=O. The van der Waals surface area contributed by atoms with Crippen LogP contribution < -0.4 is 26.8 Å². The number of ketones is 1. The van der Waals surface area contributed by atoms with Crippen molar-refractivity contribution < 1.29 is 28.4 Å². The van der Waals surface area contributed by atoms with E-state index in [4.69, 9.17) is 16.0 Å². The van der Waals surface area contributed by atoms with E-state index in [2.05, 4.69) is 21.3 Å². The van der Waals surface area contributed by atoms with E-state index in [1.165, 1.54) is 48.5 Å². The molecule has 0 spiro atoms. The van der Waals surface area contributed by atoms with Crippen LogP contribution in [0.1, 0.15) is 55.5 Å². The molecule has 0 aliphatic heterocycles. The fourth-order valence-corrected chi connectivity index (χ4v) is 7.13. The fraction of sp³-hybridized carbons (Fsp3) is 0.517. The molecule has 224 valence electrons. The Morgan fingerprint density at radius 2 is 1.71 bits per heavy atom. The predicted molar refractivity (Wildman–Crippen MR) is 152 cm³/mol. The molecule has 2 aromatic heterocycles. The first-order valence-electron chi connectivity index (χ1n) is 14.2. The van der Waals surface area contributed by atoms with Gasteiger partial charge in [-0.05, 0) is 98.1 Å². The van der Waals surface area contributed by atoms with E-state index >= 15 is 0 Å². The summed E-state index contributed by atoms with van der Waals surface area (Å²) in [6.45, 7) is -0.203. The van der Waals surface area contributed by atoms with Gasteiger partial charge >= 0.3 is 0 Å². The molecule has 12 nitrogen and oxygen atoms in total. The van der Waals surface area contributed by atoms with E-state index in [9.17, 15) is 28.8 Å². The Balaban J connectivity index is 1.24. The molecule has 0 saturated heterocycles. The van der Waals surface area contributed by atoms with Crippen molar-refractivity contribution in [2.24, 2.45) is 23.7 Å². The fourth-order valence-electron chi connectivity index (χ4n) is 6.99. The Labute approximate surface area is 246 Å². The lowest BCUT2D eigenvalue weighted by Gasteiger charge is -2.54. The van der Waals surface area contributed by atoms with E-state index in [-0.39, 0.29) is 48.0 Å². The summed E-state index contributed by atoms with van der Waals surface area (Å²) in [5.41, 5.74) is -0.710. The number of nitrogens with one attached hydrogen (secondary N) is 4. The third-order valence-electron chi connectivity index (χ3n) is 8.71. The monoisotopic (exact) mass is 599 g/mol. The molecule has 0 aromatic carbocycles. The summed E-state index contributed by atoms with van der Waals surface area (Å²) in [5.74, 6) is -1.07. The highest BCUT2D eigenvalue weighted by atomic mass is 35.5. The van der Waals surface area contributed by atoms with Gasteiger partial charge in [0.1, 0.15) is 18.3 Å². The first-order valence-corrected chi connectivity index (χ1v) is 14.6. The van der Waals surface area contributed by atoms with Gasteiger partial charge in [-0.15, -0.1) is 0 Å². The third-order valence-corrected chi connectivity index (χ3v) is 8.91.